The lowest BCUT2D eigenvalue weighted by molar-refractivity contribution is 0.0272. The highest BCUT2D eigenvalue weighted by atomic mass is 19.1. The van der Waals surface area contributed by atoms with Crippen LogP contribution in [0, 0.1) is 76.8 Å². The van der Waals surface area contributed by atoms with Crippen molar-refractivity contribution in [2.24, 2.45) is 23.7 Å². The average molecular weight is 1640 g/mol. The second-order valence-electron chi connectivity index (χ2n) is 33.0. The lowest BCUT2D eigenvalue weighted by Gasteiger charge is -2.50. The van der Waals surface area contributed by atoms with Gasteiger partial charge in [-0.25, -0.2) is 68.6 Å². The molecule has 33 heteroatoms. The first-order valence-corrected chi connectivity index (χ1v) is 41.8. The van der Waals surface area contributed by atoms with E-state index in [9.17, 15) is 28.0 Å². The summed E-state index contributed by atoms with van der Waals surface area (Å²) in [6.45, 7) is 14.5. The molecule has 624 valence electrons. The third kappa shape index (κ3) is 17.7. The molecule has 122 heavy (non-hydrogen) atoms. The number of anilines is 4. The Bertz CT molecular complexity index is 5320. The Kier molecular flexibility index (Phi) is 23.8. The number of aromatic nitrogens is 19. The van der Waals surface area contributed by atoms with Crippen molar-refractivity contribution in [2.45, 2.75) is 167 Å². The van der Waals surface area contributed by atoms with E-state index in [0.29, 0.717) is 88.4 Å². The number of rotatable bonds is 16. The van der Waals surface area contributed by atoms with E-state index in [1.807, 2.05) is 97.7 Å². The Labute approximate surface area is 704 Å². The van der Waals surface area contributed by atoms with Crippen LogP contribution in [-0.4, -0.2) is 213 Å². The highest BCUT2D eigenvalue weighted by Crippen LogP contribution is 2.43. The van der Waals surface area contributed by atoms with Gasteiger partial charge in [0.25, 0.3) is 23.6 Å². The van der Waals surface area contributed by atoms with Gasteiger partial charge in [-0.2, -0.15) is 20.4 Å². The maximum atomic E-state index is 14.8. The monoisotopic (exact) mass is 1640 g/mol. The van der Waals surface area contributed by atoms with Crippen LogP contribution in [0.1, 0.15) is 153 Å². The molecule has 12 aliphatic rings. The third-order valence-corrected chi connectivity index (χ3v) is 24.5. The van der Waals surface area contributed by atoms with E-state index in [1.165, 1.54) is 21.7 Å². The highest BCUT2D eigenvalue weighted by molar-refractivity contribution is 6.02. The number of hydrogen-bond donors (Lipinski definition) is 4. The van der Waals surface area contributed by atoms with Gasteiger partial charge in [0, 0.05) is 118 Å². The molecule has 18 heterocycles. The molecule has 31 nitrogen and oxygen atoms in total. The number of hydrogen-bond acceptors (Lipinski definition) is 25. The molecule has 2 aromatic carbocycles. The molecular formula is C89H95F2N27O4. The van der Waals surface area contributed by atoms with Gasteiger partial charge >= 0.3 is 0 Å². The van der Waals surface area contributed by atoms with Gasteiger partial charge in [0.2, 0.25) is 11.9 Å². The van der Waals surface area contributed by atoms with Gasteiger partial charge < -0.3 is 40.9 Å². The quantitative estimate of drug-likeness (QED) is 0.0698. The lowest BCUT2D eigenvalue weighted by atomic mass is 9.76. The molecule has 12 unspecified atom stereocenters. The first-order chi connectivity index (χ1) is 59.4. The smallest absolute Gasteiger partial charge is 0.275 e. The number of amides is 4. The summed E-state index contributed by atoms with van der Waals surface area (Å²) in [5.74, 6) is 3.43. The zero-order valence-corrected chi connectivity index (χ0v) is 68.7. The topological polar surface area (TPSA) is 358 Å². The summed E-state index contributed by atoms with van der Waals surface area (Å²) in [5, 5.41) is 30.7. The number of halogens is 2. The molecule has 12 atom stereocenters. The van der Waals surface area contributed by atoms with Crippen LogP contribution in [0.15, 0.2) is 178 Å². The summed E-state index contributed by atoms with van der Waals surface area (Å²) in [5.41, 5.74) is 8.51. The normalized spacial score (nSPS) is 22.6. The van der Waals surface area contributed by atoms with Crippen molar-refractivity contribution >= 4 is 47.2 Å². The fourth-order valence-corrected chi connectivity index (χ4v) is 18.7. The first kappa shape index (κ1) is 80.9. The van der Waals surface area contributed by atoms with Crippen LogP contribution in [-0.2, 0) is 0 Å². The summed E-state index contributed by atoms with van der Waals surface area (Å²) >= 11 is 0. The maximum Gasteiger partial charge on any atom is 0.275 e. The molecule has 8 aliphatic heterocycles. The van der Waals surface area contributed by atoms with Crippen molar-refractivity contribution < 1.29 is 28.0 Å². The summed E-state index contributed by atoms with van der Waals surface area (Å²) in [6.07, 6.45) is 37.3. The zero-order chi connectivity index (χ0) is 84.1. The molecule has 0 radical (unpaired) electrons. The highest BCUT2D eigenvalue weighted by Gasteiger charge is 2.49. The second-order valence-corrected chi connectivity index (χ2v) is 33.0. The molecule has 4 aliphatic carbocycles. The number of carbonyl (C=O) groups is 4. The first-order valence-electron chi connectivity index (χ1n) is 41.8. The van der Waals surface area contributed by atoms with Crippen molar-refractivity contribution in [2.75, 3.05) is 47.4 Å². The van der Waals surface area contributed by atoms with Crippen LogP contribution in [0.5, 0.6) is 0 Å². The van der Waals surface area contributed by atoms with Crippen molar-refractivity contribution in [1.29, 1.82) is 0 Å². The molecular weight excluding hydrogens is 1550 g/mol. The molecule has 12 aromatic rings. The van der Waals surface area contributed by atoms with E-state index in [-0.39, 0.29) is 94.7 Å². The van der Waals surface area contributed by atoms with Gasteiger partial charge in [0.05, 0.1) is 89.3 Å². The number of pyridine rings is 3. The number of benzene rings is 2. The van der Waals surface area contributed by atoms with E-state index in [2.05, 4.69) is 113 Å². The minimum absolute atomic E-state index is 0.00443. The molecule has 10 aromatic heterocycles. The molecule has 4 amide bonds. The molecule has 0 spiro atoms. The average Bonchev–Trinajstić information content (AvgIpc) is 0.810. The Morgan fingerprint density at radius 2 is 0.705 bits per heavy atom. The van der Waals surface area contributed by atoms with Gasteiger partial charge in [-0.1, -0.05) is 18.2 Å². The summed E-state index contributed by atoms with van der Waals surface area (Å²) in [6, 6.07) is 24.6. The van der Waals surface area contributed by atoms with E-state index < -0.39 is 11.6 Å². The molecule has 4 saturated carbocycles. The number of nitrogens with zero attached hydrogens (tertiary/aromatic N) is 23. The van der Waals surface area contributed by atoms with Crippen molar-refractivity contribution in [3.8, 4) is 34.2 Å². The Morgan fingerprint density at radius 1 is 0.336 bits per heavy atom. The third-order valence-electron chi connectivity index (χ3n) is 24.5. The van der Waals surface area contributed by atoms with Gasteiger partial charge in [-0.05, 0) is 226 Å². The van der Waals surface area contributed by atoms with E-state index in [0.717, 1.165) is 130 Å². The largest absolute Gasteiger partial charge is 0.365 e. The fraction of sp³-hybridized carbons (Fsp3) is 0.382. The number of nitrogens with one attached hydrogen (secondary N) is 4. The van der Waals surface area contributed by atoms with E-state index >= 15 is 0 Å². The van der Waals surface area contributed by atoms with Gasteiger partial charge in [0.1, 0.15) is 34.6 Å². The molecule has 24 rings (SSSR count). The van der Waals surface area contributed by atoms with Crippen LogP contribution >= 0.6 is 0 Å². The Morgan fingerprint density at radius 3 is 1.07 bits per heavy atom. The molecule has 4 N–H and O–H groups in total. The zero-order valence-electron chi connectivity index (χ0n) is 68.7. The standard InChI is InChI=1S/2C23H23FN6O.C22H25N7O.C21H24N8O/c1-14-11-28-20(12-27-14)29-18-10-15-6-7-19(18)30(13-15)23(31)16-4-2-5-17(24)21(16)22-25-8-3-9-26-22;1-14-11-27-23(28-12-14)29-18-10-15-6-7-19(18)30(13-15)22(31)16-4-2-5-17(24)20(16)21-25-8-3-9-26-21;1-14-3-8-20(23-12-14)27-17-11-16-5-7-18(17)28(13-16)22(30)21-19(6-4-15(2)26-21)29-24-9-10-25-29;1-13-10-22-21(23-11-13)27-16-9-15-4-6-17(16)28(12-15)20(30)19-18(5-3-14(2)26-19)29-24-7-8-25-29/h2-5,8-9,11-12,15,18-19H,6-7,10,13H2,1H3,(H,28,29);2-5,8-9,11-12,15,18-19H,6-7,10,13H2,1H3,(H,27,28,29);3-4,6,8-10,12,16-18H,5,7,11,13H2,1-2H3,(H,23,27);3,5,7-8,10-11,15-17H,4,6,9,12H2,1-2H3,(H,22,23,27). The minimum atomic E-state index is -0.498. The van der Waals surface area contributed by atoms with Crippen LogP contribution in [0.4, 0.5) is 32.3 Å². The summed E-state index contributed by atoms with van der Waals surface area (Å²) in [7, 11) is 0. The van der Waals surface area contributed by atoms with Crippen LogP contribution < -0.4 is 21.3 Å². The summed E-state index contributed by atoms with van der Waals surface area (Å²) in [4.78, 5) is 122. The number of piperidine rings is 8. The van der Waals surface area contributed by atoms with Gasteiger partial charge in [-0.3, -0.25) is 24.2 Å². The maximum absolute atomic E-state index is 14.8. The van der Waals surface area contributed by atoms with Crippen molar-refractivity contribution in [3.63, 3.8) is 0 Å². The van der Waals surface area contributed by atoms with Crippen LogP contribution in [0.3, 0.4) is 0 Å². The number of carbonyl (C=O) groups excluding carboxylic acids is 4. The second kappa shape index (κ2) is 35.8. The minimum Gasteiger partial charge on any atom is -0.365 e. The van der Waals surface area contributed by atoms with Crippen molar-refractivity contribution in [1.82, 2.24) is 114 Å². The van der Waals surface area contributed by atoms with E-state index in [4.69, 9.17) is 0 Å². The Balaban J connectivity index is 0.000000116. The lowest BCUT2D eigenvalue weighted by Crippen LogP contribution is -2.60. The predicted octanol–water partition coefficient (Wildman–Crippen LogP) is 11.9. The predicted molar refractivity (Wildman–Crippen MR) is 450 cm³/mol. The molecule has 12 fully saturated rings. The molecule has 8 saturated heterocycles. The van der Waals surface area contributed by atoms with Crippen molar-refractivity contribution in [3.05, 3.63) is 246 Å². The Hall–Kier alpha value is -13.5. The van der Waals surface area contributed by atoms with Gasteiger partial charge in [0.15, 0.2) is 23.0 Å². The number of aryl methyl sites for hydroxylation is 6. The number of fused-ring (bicyclic) bond motifs is 12. The fourth-order valence-electron chi connectivity index (χ4n) is 18.7. The SMILES string of the molecule is Cc1ccc(NC2CC3CCC2N(C(=O)c2nc(C)ccc2-n2nccn2)C3)nc1.Cc1cnc(NC2CC3CCC2N(C(=O)c2cccc(F)c2-c2ncccn2)C3)cn1.Cc1cnc(NC2CC3CCC2N(C(=O)c2cccc(F)c2-c2ncccn2)C3)nc1.Cc1cnc(NC2CC3CCC2N(C(=O)c2nc(C)ccc2-n2nccn2)C3)nc1. The van der Waals surface area contributed by atoms with Crippen LogP contribution in [0.2, 0.25) is 0 Å². The summed E-state index contributed by atoms with van der Waals surface area (Å²) < 4.78 is 29.5. The van der Waals surface area contributed by atoms with Gasteiger partial charge in [-0.15, -0.1) is 9.59 Å². The van der Waals surface area contributed by atoms with E-state index in [1.54, 1.807) is 123 Å². The molecule has 8 bridgehead atoms. The van der Waals surface area contributed by atoms with Crippen LogP contribution in [0.25, 0.3) is 34.2 Å².